The van der Waals surface area contributed by atoms with Crippen LogP contribution in [0.15, 0.2) is 18.3 Å². The van der Waals surface area contributed by atoms with Gasteiger partial charge in [0.25, 0.3) is 0 Å². The van der Waals surface area contributed by atoms with Gasteiger partial charge in [0.1, 0.15) is 5.38 Å². The van der Waals surface area contributed by atoms with E-state index in [4.69, 9.17) is 11.6 Å². The van der Waals surface area contributed by atoms with Crippen molar-refractivity contribution in [3.8, 4) is 0 Å². The molecule has 1 aromatic rings. The van der Waals surface area contributed by atoms with Crippen LogP contribution in [-0.2, 0) is 11.3 Å². The van der Waals surface area contributed by atoms with Gasteiger partial charge < -0.3 is 5.32 Å². The van der Waals surface area contributed by atoms with Crippen LogP contribution < -0.4 is 10.6 Å². The van der Waals surface area contributed by atoms with Crippen molar-refractivity contribution in [1.29, 1.82) is 0 Å². The molecule has 3 amide bonds. The number of carbonyl (C=O) groups excluding carboxylic acids is 2. The third kappa shape index (κ3) is 4.82. The van der Waals surface area contributed by atoms with Crippen molar-refractivity contribution in [1.82, 2.24) is 15.6 Å². The van der Waals surface area contributed by atoms with Crippen LogP contribution in [0.5, 0.6) is 0 Å². The first kappa shape index (κ1) is 13.4. The van der Waals surface area contributed by atoms with Gasteiger partial charge in [0.2, 0.25) is 5.91 Å². The number of hydrogen-bond acceptors (Lipinski definition) is 3. The van der Waals surface area contributed by atoms with Gasteiger partial charge in [-0.05, 0) is 25.5 Å². The van der Waals surface area contributed by atoms with E-state index in [0.717, 1.165) is 11.3 Å². The average molecular weight is 256 g/mol. The van der Waals surface area contributed by atoms with E-state index in [2.05, 4.69) is 15.6 Å². The first-order valence-corrected chi connectivity index (χ1v) is 5.57. The molecule has 5 nitrogen and oxygen atoms in total. The van der Waals surface area contributed by atoms with Gasteiger partial charge in [-0.1, -0.05) is 6.07 Å². The van der Waals surface area contributed by atoms with Gasteiger partial charge in [0.05, 0.1) is 0 Å². The first-order valence-electron chi connectivity index (χ1n) is 5.13. The fourth-order valence-corrected chi connectivity index (χ4v) is 1.10. The number of imide groups is 1. The Balaban J connectivity index is 2.38. The zero-order valence-electron chi connectivity index (χ0n) is 9.66. The predicted molar refractivity (Wildman–Crippen MR) is 64.7 cm³/mol. The Kier molecular flexibility index (Phi) is 4.90. The van der Waals surface area contributed by atoms with Crippen molar-refractivity contribution >= 4 is 23.5 Å². The number of hydrogen-bond donors (Lipinski definition) is 2. The summed E-state index contributed by atoms with van der Waals surface area (Å²) in [4.78, 5) is 26.5. The number of carbonyl (C=O) groups is 2. The molecule has 0 saturated carbocycles. The molecule has 0 aromatic carbocycles. The number of nitrogens with zero attached hydrogens (tertiary/aromatic N) is 1. The molecular weight excluding hydrogens is 242 g/mol. The molecule has 0 fully saturated rings. The molecule has 17 heavy (non-hydrogen) atoms. The number of alkyl halides is 1. The first-order chi connectivity index (χ1) is 7.99. The highest BCUT2D eigenvalue weighted by Gasteiger charge is 2.12. The summed E-state index contributed by atoms with van der Waals surface area (Å²) in [6.45, 7) is 3.68. The van der Waals surface area contributed by atoms with E-state index in [1.54, 1.807) is 6.20 Å². The minimum Gasteiger partial charge on any atom is -0.334 e. The molecule has 1 aromatic heterocycles. The number of urea groups is 1. The highest BCUT2D eigenvalue weighted by Crippen LogP contribution is 1.98. The van der Waals surface area contributed by atoms with E-state index in [1.165, 1.54) is 6.92 Å². The summed E-state index contributed by atoms with van der Waals surface area (Å²) in [7, 11) is 0. The molecule has 0 aliphatic rings. The fourth-order valence-electron chi connectivity index (χ4n) is 1.04. The summed E-state index contributed by atoms with van der Waals surface area (Å²) in [5.41, 5.74) is 1.77. The van der Waals surface area contributed by atoms with Crippen molar-refractivity contribution in [2.75, 3.05) is 0 Å². The summed E-state index contributed by atoms with van der Waals surface area (Å²) >= 11 is 5.50. The maximum Gasteiger partial charge on any atom is 0.321 e. The lowest BCUT2D eigenvalue weighted by Crippen LogP contribution is -2.41. The Morgan fingerprint density at radius 3 is 2.71 bits per heavy atom. The zero-order chi connectivity index (χ0) is 12.8. The largest absolute Gasteiger partial charge is 0.334 e. The van der Waals surface area contributed by atoms with E-state index < -0.39 is 17.3 Å². The van der Waals surface area contributed by atoms with E-state index in [1.807, 2.05) is 19.1 Å². The maximum atomic E-state index is 11.3. The summed E-state index contributed by atoms with van der Waals surface area (Å²) in [5, 5.41) is 3.92. The summed E-state index contributed by atoms with van der Waals surface area (Å²) in [6.07, 6.45) is 1.67. The zero-order valence-corrected chi connectivity index (χ0v) is 10.4. The topological polar surface area (TPSA) is 71.1 Å². The van der Waals surface area contributed by atoms with Gasteiger partial charge in [-0.3, -0.25) is 15.1 Å². The normalized spacial score (nSPS) is 11.7. The van der Waals surface area contributed by atoms with Gasteiger partial charge in [-0.15, -0.1) is 11.6 Å². The number of nitrogens with one attached hydrogen (secondary N) is 2. The van der Waals surface area contributed by atoms with Crippen molar-refractivity contribution < 1.29 is 9.59 Å². The molecule has 0 aliphatic carbocycles. The molecule has 1 rings (SSSR count). The second kappa shape index (κ2) is 6.20. The van der Waals surface area contributed by atoms with E-state index in [-0.39, 0.29) is 0 Å². The molecule has 6 heteroatoms. The van der Waals surface area contributed by atoms with Gasteiger partial charge in [0.15, 0.2) is 0 Å². The lowest BCUT2D eigenvalue weighted by Gasteiger charge is -2.07. The van der Waals surface area contributed by atoms with Crippen LogP contribution in [-0.4, -0.2) is 22.3 Å². The Hall–Kier alpha value is -1.62. The molecule has 0 saturated heterocycles. The van der Waals surface area contributed by atoms with Gasteiger partial charge >= 0.3 is 6.03 Å². The van der Waals surface area contributed by atoms with Gasteiger partial charge in [-0.25, -0.2) is 4.79 Å². The number of rotatable bonds is 3. The maximum absolute atomic E-state index is 11.3. The highest BCUT2D eigenvalue weighted by atomic mass is 35.5. The van der Waals surface area contributed by atoms with Gasteiger partial charge in [-0.2, -0.15) is 0 Å². The summed E-state index contributed by atoms with van der Waals surface area (Å²) in [6, 6.07) is 3.14. The molecule has 1 heterocycles. The van der Waals surface area contributed by atoms with E-state index >= 15 is 0 Å². The Morgan fingerprint density at radius 1 is 1.47 bits per heavy atom. The fraction of sp³-hybridized carbons (Fsp3) is 0.364. The molecule has 0 radical (unpaired) electrons. The third-order valence-electron chi connectivity index (χ3n) is 2.02. The molecule has 0 spiro atoms. The molecule has 0 bridgehead atoms. The monoisotopic (exact) mass is 255 g/mol. The standard InChI is InChI=1S/C11H14ClN3O2/c1-7-3-4-9(5-13-7)6-14-11(17)15-10(16)8(2)12/h3-5,8H,6H2,1-2H3,(H2,14,15,16,17). The lowest BCUT2D eigenvalue weighted by atomic mass is 10.2. The summed E-state index contributed by atoms with van der Waals surface area (Å²) in [5.74, 6) is -0.522. The summed E-state index contributed by atoms with van der Waals surface area (Å²) < 4.78 is 0. The smallest absolute Gasteiger partial charge is 0.321 e. The number of halogens is 1. The van der Waals surface area contributed by atoms with Crippen LogP contribution in [0, 0.1) is 6.92 Å². The van der Waals surface area contributed by atoms with E-state index in [0.29, 0.717) is 6.54 Å². The van der Waals surface area contributed by atoms with Crippen LogP contribution in [0.3, 0.4) is 0 Å². The number of pyridine rings is 1. The minimum atomic E-state index is -0.734. The lowest BCUT2D eigenvalue weighted by molar-refractivity contribution is -0.119. The number of aryl methyl sites for hydroxylation is 1. The SMILES string of the molecule is Cc1ccc(CNC(=O)NC(=O)C(C)Cl)cn1. The Labute approximate surface area is 105 Å². The second-order valence-corrected chi connectivity index (χ2v) is 4.25. The third-order valence-corrected chi connectivity index (χ3v) is 2.22. The van der Waals surface area contributed by atoms with Crippen LogP contribution >= 0.6 is 11.6 Å². The second-order valence-electron chi connectivity index (χ2n) is 3.60. The number of aromatic nitrogens is 1. The molecular formula is C11H14ClN3O2. The molecule has 2 N–H and O–H groups in total. The highest BCUT2D eigenvalue weighted by molar-refractivity contribution is 6.31. The van der Waals surface area contributed by atoms with Crippen molar-refractivity contribution in [3.63, 3.8) is 0 Å². The van der Waals surface area contributed by atoms with Crippen LogP contribution in [0.4, 0.5) is 4.79 Å². The molecule has 0 aliphatic heterocycles. The van der Waals surface area contributed by atoms with E-state index in [9.17, 15) is 9.59 Å². The molecule has 92 valence electrons. The molecule has 1 atom stereocenters. The Bertz CT molecular complexity index is 404. The number of amides is 3. The van der Waals surface area contributed by atoms with Crippen molar-refractivity contribution in [3.05, 3.63) is 29.6 Å². The average Bonchev–Trinajstić information content (AvgIpc) is 2.28. The van der Waals surface area contributed by atoms with Gasteiger partial charge in [0, 0.05) is 18.4 Å². The quantitative estimate of drug-likeness (QED) is 0.801. The Morgan fingerprint density at radius 2 is 2.18 bits per heavy atom. The molecule has 1 unspecified atom stereocenters. The van der Waals surface area contributed by atoms with Crippen LogP contribution in [0.25, 0.3) is 0 Å². The van der Waals surface area contributed by atoms with Crippen LogP contribution in [0.2, 0.25) is 0 Å². The van der Waals surface area contributed by atoms with Crippen LogP contribution in [0.1, 0.15) is 18.2 Å². The van der Waals surface area contributed by atoms with Crippen molar-refractivity contribution in [2.24, 2.45) is 0 Å². The predicted octanol–water partition coefficient (Wildman–Crippen LogP) is 1.34. The van der Waals surface area contributed by atoms with Crippen molar-refractivity contribution in [2.45, 2.75) is 25.8 Å². The minimum absolute atomic E-state index is 0.309.